The van der Waals surface area contributed by atoms with Crippen molar-refractivity contribution >= 4 is 28.5 Å². The van der Waals surface area contributed by atoms with Gasteiger partial charge in [-0.05, 0) is 46.1 Å². The quantitative estimate of drug-likeness (QED) is 0.637. The zero-order chi connectivity index (χ0) is 22.8. The minimum Gasteiger partial charge on any atom is -0.339 e. The van der Waals surface area contributed by atoms with E-state index in [0.29, 0.717) is 37.2 Å². The van der Waals surface area contributed by atoms with Gasteiger partial charge in [-0.1, -0.05) is 6.92 Å². The first-order chi connectivity index (χ1) is 15.4. The third kappa shape index (κ3) is 4.24. The van der Waals surface area contributed by atoms with E-state index in [4.69, 9.17) is 0 Å². The molecule has 1 unspecified atom stereocenters. The topological polar surface area (TPSA) is 97.9 Å². The molecular weight excluding hydrogens is 406 g/mol. The van der Waals surface area contributed by atoms with Gasteiger partial charge >= 0.3 is 0 Å². The molecular formula is C23H31N7O2. The minimum absolute atomic E-state index is 0.00951. The predicted octanol–water partition coefficient (Wildman–Crippen LogP) is 3.42. The Hall–Kier alpha value is -3.23. The number of rotatable bonds is 6. The molecule has 1 atom stereocenters. The number of pyridine rings is 1. The molecule has 1 aliphatic heterocycles. The zero-order valence-corrected chi connectivity index (χ0v) is 19.2. The molecule has 4 rings (SSSR count). The lowest BCUT2D eigenvalue weighted by atomic mass is 9.95. The van der Waals surface area contributed by atoms with Crippen molar-refractivity contribution < 1.29 is 9.59 Å². The van der Waals surface area contributed by atoms with Gasteiger partial charge in [0.15, 0.2) is 5.65 Å². The smallest absolute Gasteiger partial charge is 0.254 e. The van der Waals surface area contributed by atoms with E-state index in [0.717, 1.165) is 29.7 Å². The summed E-state index contributed by atoms with van der Waals surface area (Å²) < 4.78 is 3.67. The van der Waals surface area contributed by atoms with Gasteiger partial charge < -0.3 is 10.2 Å². The molecule has 9 heteroatoms. The molecule has 0 bridgehead atoms. The number of likely N-dealkylation sites (tertiary alicyclic amines) is 1. The number of nitrogens with zero attached hydrogens (tertiary/aromatic N) is 6. The molecule has 0 spiro atoms. The number of hydrogen-bond donors (Lipinski definition) is 1. The summed E-state index contributed by atoms with van der Waals surface area (Å²) in [6.07, 6.45) is 7.45. The van der Waals surface area contributed by atoms with Crippen LogP contribution < -0.4 is 5.32 Å². The second-order valence-electron chi connectivity index (χ2n) is 8.54. The highest BCUT2D eigenvalue weighted by Gasteiger charge is 2.29. The summed E-state index contributed by atoms with van der Waals surface area (Å²) in [7, 11) is 0. The minimum atomic E-state index is -0.114. The SMILES string of the molecule is CCC(C)n1ncc2c(C(=O)N3CCC(C(=O)Nc4cnn(CC)c4)CC3)cc(C)nc21. The largest absolute Gasteiger partial charge is 0.339 e. The Kier molecular flexibility index (Phi) is 6.25. The molecule has 9 nitrogen and oxygen atoms in total. The Morgan fingerprint density at radius 2 is 1.94 bits per heavy atom. The summed E-state index contributed by atoms with van der Waals surface area (Å²) in [5.41, 5.74) is 2.90. The second kappa shape index (κ2) is 9.10. The highest BCUT2D eigenvalue weighted by atomic mass is 16.2. The molecule has 3 aromatic rings. The van der Waals surface area contributed by atoms with E-state index in [1.807, 2.05) is 35.7 Å². The van der Waals surface area contributed by atoms with Crippen molar-refractivity contribution in [3.63, 3.8) is 0 Å². The highest BCUT2D eigenvalue weighted by molar-refractivity contribution is 6.05. The summed E-state index contributed by atoms with van der Waals surface area (Å²) in [5, 5.41) is 12.4. The lowest BCUT2D eigenvalue weighted by Crippen LogP contribution is -2.41. The first-order valence-corrected chi connectivity index (χ1v) is 11.4. The number of amides is 2. The summed E-state index contributed by atoms with van der Waals surface area (Å²) in [4.78, 5) is 32.5. The molecule has 1 fully saturated rings. The van der Waals surface area contributed by atoms with Crippen LogP contribution in [0.5, 0.6) is 0 Å². The van der Waals surface area contributed by atoms with Crippen molar-refractivity contribution in [1.29, 1.82) is 0 Å². The van der Waals surface area contributed by atoms with Gasteiger partial charge in [-0.3, -0.25) is 14.3 Å². The fourth-order valence-electron chi connectivity index (χ4n) is 4.18. The van der Waals surface area contributed by atoms with E-state index in [-0.39, 0.29) is 23.8 Å². The van der Waals surface area contributed by atoms with Crippen LogP contribution >= 0.6 is 0 Å². The summed E-state index contributed by atoms with van der Waals surface area (Å²) in [5.74, 6) is -0.145. The summed E-state index contributed by atoms with van der Waals surface area (Å²) in [6.45, 7) is 9.97. The maximum atomic E-state index is 13.4. The summed E-state index contributed by atoms with van der Waals surface area (Å²) in [6, 6.07) is 2.06. The Balaban J connectivity index is 1.45. The van der Waals surface area contributed by atoms with Crippen LogP contribution in [-0.4, -0.2) is 54.3 Å². The molecule has 170 valence electrons. The number of carbonyl (C=O) groups is 2. The first-order valence-electron chi connectivity index (χ1n) is 11.4. The van der Waals surface area contributed by atoms with Gasteiger partial charge in [0.1, 0.15) is 0 Å². The van der Waals surface area contributed by atoms with Gasteiger partial charge in [0.2, 0.25) is 5.91 Å². The molecule has 0 aromatic carbocycles. The van der Waals surface area contributed by atoms with Gasteiger partial charge in [-0.25, -0.2) is 9.67 Å². The molecule has 1 saturated heterocycles. The Morgan fingerprint density at radius 3 is 2.59 bits per heavy atom. The number of carbonyl (C=O) groups excluding carboxylic acids is 2. The molecule has 1 aliphatic rings. The molecule has 32 heavy (non-hydrogen) atoms. The number of aryl methyl sites for hydroxylation is 2. The lowest BCUT2D eigenvalue weighted by Gasteiger charge is -2.31. The van der Waals surface area contributed by atoms with Gasteiger partial charge in [0.25, 0.3) is 5.91 Å². The Morgan fingerprint density at radius 1 is 1.19 bits per heavy atom. The van der Waals surface area contributed by atoms with Gasteiger partial charge in [-0.2, -0.15) is 10.2 Å². The van der Waals surface area contributed by atoms with E-state index in [2.05, 4.69) is 34.3 Å². The third-order valence-corrected chi connectivity index (χ3v) is 6.31. The Bertz CT molecular complexity index is 1120. The van der Waals surface area contributed by atoms with Crippen molar-refractivity contribution in [3.05, 3.63) is 35.9 Å². The van der Waals surface area contributed by atoms with E-state index >= 15 is 0 Å². The lowest BCUT2D eigenvalue weighted by molar-refractivity contribution is -0.121. The maximum absolute atomic E-state index is 13.4. The summed E-state index contributed by atoms with van der Waals surface area (Å²) >= 11 is 0. The molecule has 1 N–H and O–H groups in total. The van der Waals surface area contributed by atoms with Gasteiger partial charge in [0, 0.05) is 37.4 Å². The predicted molar refractivity (Wildman–Crippen MR) is 122 cm³/mol. The fraction of sp³-hybridized carbons (Fsp3) is 0.522. The molecule has 3 aromatic heterocycles. The van der Waals surface area contributed by atoms with Crippen LogP contribution in [0.25, 0.3) is 11.0 Å². The Labute approximate surface area is 187 Å². The van der Waals surface area contributed by atoms with Crippen LogP contribution in [0, 0.1) is 12.8 Å². The number of aromatic nitrogens is 5. The molecule has 0 saturated carbocycles. The number of nitrogens with one attached hydrogen (secondary N) is 1. The van der Waals surface area contributed by atoms with Crippen LogP contribution in [0.3, 0.4) is 0 Å². The number of fused-ring (bicyclic) bond motifs is 1. The number of anilines is 1. The van der Waals surface area contributed by atoms with E-state index in [9.17, 15) is 9.59 Å². The molecule has 2 amide bonds. The molecule has 0 aliphatic carbocycles. The molecule has 4 heterocycles. The van der Waals surface area contributed by atoms with Crippen LogP contribution in [0.4, 0.5) is 5.69 Å². The number of hydrogen-bond acceptors (Lipinski definition) is 5. The normalized spacial score (nSPS) is 15.8. The molecule has 0 radical (unpaired) electrons. The van der Waals surface area contributed by atoms with Crippen molar-refractivity contribution in [3.8, 4) is 0 Å². The third-order valence-electron chi connectivity index (χ3n) is 6.31. The van der Waals surface area contributed by atoms with E-state index < -0.39 is 0 Å². The van der Waals surface area contributed by atoms with Crippen LogP contribution in [0.1, 0.15) is 62.1 Å². The first kappa shape index (κ1) is 22.0. The van der Waals surface area contributed by atoms with Crippen LogP contribution in [0.15, 0.2) is 24.7 Å². The number of piperidine rings is 1. The van der Waals surface area contributed by atoms with Crippen molar-refractivity contribution in [2.45, 2.75) is 59.5 Å². The average Bonchev–Trinajstić information content (AvgIpc) is 3.44. The zero-order valence-electron chi connectivity index (χ0n) is 19.2. The van der Waals surface area contributed by atoms with Crippen molar-refractivity contribution in [2.75, 3.05) is 18.4 Å². The van der Waals surface area contributed by atoms with Gasteiger partial charge in [-0.15, -0.1) is 0 Å². The fourth-order valence-corrected chi connectivity index (χ4v) is 4.18. The van der Waals surface area contributed by atoms with Crippen molar-refractivity contribution in [2.24, 2.45) is 5.92 Å². The van der Waals surface area contributed by atoms with Crippen LogP contribution in [-0.2, 0) is 11.3 Å². The van der Waals surface area contributed by atoms with Crippen LogP contribution in [0.2, 0.25) is 0 Å². The van der Waals surface area contributed by atoms with E-state index in [1.54, 1.807) is 17.1 Å². The van der Waals surface area contributed by atoms with Gasteiger partial charge in [0.05, 0.1) is 35.1 Å². The van der Waals surface area contributed by atoms with Crippen molar-refractivity contribution in [1.82, 2.24) is 29.4 Å². The highest BCUT2D eigenvalue weighted by Crippen LogP contribution is 2.26. The standard InChI is InChI=1S/C23H31N7O2/c1-5-16(4)30-21-20(13-25-30)19(11-15(3)26-21)23(32)28-9-7-17(8-10-28)22(31)27-18-12-24-29(6-2)14-18/h11-14,16-17H,5-10H2,1-4H3,(H,27,31). The van der Waals surface area contributed by atoms with E-state index in [1.165, 1.54) is 0 Å². The maximum Gasteiger partial charge on any atom is 0.254 e. The second-order valence-corrected chi connectivity index (χ2v) is 8.54. The monoisotopic (exact) mass is 437 g/mol. The average molecular weight is 438 g/mol.